The van der Waals surface area contributed by atoms with Crippen molar-refractivity contribution in [3.8, 4) is 0 Å². The Morgan fingerprint density at radius 3 is 1.50 bits per heavy atom. The van der Waals surface area contributed by atoms with Crippen LogP contribution in [-0.2, 0) is 0 Å². The van der Waals surface area contributed by atoms with Gasteiger partial charge in [-0.15, -0.1) is 0 Å². The highest BCUT2D eigenvalue weighted by Gasteiger charge is 2.13. The van der Waals surface area contributed by atoms with Crippen molar-refractivity contribution in [1.82, 2.24) is 0 Å². The van der Waals surface area contributed by atoms with Crippen LogP contribution < -0.4 is 0 Å². The van der Waals surface area contributed by atoms with E-state index in [1.54, 1.807) is 0 Å². The van der Waals surface area contributed by atoms with E-state index in [0.717, 1.165) is 11.8 Å². The van der Waals surface area contributed by atoms with E-state index in [1.165, 1.54) is 25.7 Å². The largest absolute Gasteiger partial charge is 0.0683 e. The molecule has 0 aromatic heterocycles. The van der Waals surface area contributed by atoms with Gasteiger partial charge in [0.1, 0.15) is 0 Å². The third-order valence-corrected chi connectivity index (χ3v) is 2.20. The van der Waals surface area contributed by atoms with Crippen molar-refractivity contribution in [3.05, 3.63) is 0 Å². The summed E-state index contributed by atoms with van der Waals surface area (Å²) in [6.45, 7) is 8.74. The van der Waals surface area contributed by atoms with Gasteiger partial charge in [-0.1, -0.05) is 47.0 Å². The van der Waals surface area contributed by atoms with Gasteiger partial charge in [0.25, 0.3) is 0 Å². The second kappa shape index (κ2) is 5.76. The van der Waals surface area contributed by atoms with Crippen molar-refractivity contribution in [2.75, 3.05) is 0 Å². The van der Waals surface area contributed by atoms with Crippen LogP contribution in [0, 0.1) is 11.8 Å². The highest BCUT2D eigenvalue weighted by atomic mass is 14.2. The Morgan fingerprint density at radius 2 is 1.30 bits per heavy atom. The zero-order chi connectivity index (χ0) is 7.98. The van der Waals surface area contributed by atoms with Gasteiger partial charge in [-0.3, -0.25) is 0 Å². The van der Waals surface area contributed by atoms with Crippen LogP contribution in [0.5, 0.6) is 0 Å². The predicted molar refractivity (Wildman–Crippen MR) is 48.1 cm³/mol. The second-order valence-corrected chi connectivity index (χ2v) is 3.38. The summed E-state index contributed by atoms with van der Waals surface area (Å²) in [4.78, 5) is 0. The van der Waals surface area contributed by atoms with Crippen molar-refractivity contribution in [2.45, 2.75) is 53.4 Å². The van der Waals surface area contributed by atoms with E-state index in [0.29, 0.717) is 0 Å². The van der Waals surface area contributed by atoms with Crippen LogP contribution in [0.2, 0.25) is 0 Å². The molecule has 62 valence electrons. The number of hydrogen-bond donors (Lipinski definition) is 0. The second-order valence-electron chi connectivity index (χ2n) is 3.38. The third-order valence-electron chi connectivity index (χ3n) is 2.20. The van der Waals surface area contributed by atoms with Crippen molar-refractivity contribution >= 4 is 0 Å². The molecule has 0 amide bonds. The standard InChI is InChI=1S/C8H16.C2H6/c1-7-4-3-5-8(2)6-7;1-2/h7-8H,3-6H2,1-2H3;1-2H3/t7-,8-;/m0./s1. The normalized spacial score (nSPS) is 32.4. The summed E-state index contributed by atoms with van der Waals surface area (Å²) in [5.41, 5.74) is 0. The zero-order valence-corrected chi connectivity index (χ0v) is 7.98. The lowest BCUT2D eigenvalue weighted by Crippen LogP contribution is -2.09. The van der Waals surface area contributed by atoms with Crippen molar-refractivity contribution in [1.29, 1.82) is 0 Å². The van der Waals surface area contributed by atoms with Gasteiger partial charge < -0.3 is 0 Å². The molecule has 0 heterocycles. The molecule has 1 fully saturated rings. The van der Waals surface area contributed by atoms with Crippen LogP contribution >= 0.6 is 0 Å². The number of rotatable bonds is 0. The summed E-state index contributed by atoms with van der Waals surface area (Å²) in [5.74, 6) is 2.03. The minimum absolute atomic E-state index is 1.01. The van der Waals surface area contributed by atoms with Gasteiger partial charge in [0.05, 0.1) is 0 Å². The molecule has 1 saturated carbocycles. The van der Waals surface area contributed by atoms with Crippen LogP contribution in [-0.4, -0.2) is 0 Å². The first kappa shape index (κ1) is 10.0. The molecule has 0 aromatic carbocycles. The lowest BCUT2D eigenvalue weighted by molar-refractivity contribution is 0.301. The third kappa shape index (κ3) is 3.92. The molecule has 1 aliphatic rings. The topological polar surface area (TPSA) is 0 Å². The van der Waals surface area contributed by atoms with E-state index in [1.807, 2.05) is 13.8 Å². The maximum Gasteiger partial charge on any atom is -0.0440 e. The summed E-state index contributed by atoms with van der Waals surface area (Å²) in [7, 11) is 0. The molecule has 2 atom stereocenters. The molecule has 0 aromatic rings. The zero-order valence-electron chi connectivity index (χ0n) is 7.98. The smallest absolute Gasteiger partial charge is 0.0440 e. The van der Waals surface area contributed by atoms with E-state index < -0.39 is 0 Å². The van der Waals surface area contributed by atoms with E-state index in [4.69, 9.17) is 0 Å². The van der Waals surface area contributed by atoms with Crippen molar-refractivity contribution < 1.29 is 0 Å². The van der Waals surface area contributed by atoms with Crippen LogP contribution in [0.1, 0.15) is 53.4 Å². The summed E-state index contributed by atoms with van der Waals surface area (Å²) in [6, 6.07) is 0. The van der Waals surface area contributed by atoms with Crippen LogP contribution in [0.15, 0.2) is 0 Å². The first-order chi connectivity index (χ1) is 4.79. The quantitative estimate of drug-likeness (QED) is 0.482. The van der Waals surface area contributed by atoms with Gasteiger partial charge in [0.15, 0.2) is 0 Å². The summed E-state index contributed by atoms with van der Waals surface area (Å²) in [6.07, 6.45) is 5.90. The molecule has 0 nitrogen and oxygen atoms in total. The molecule has 10 heavy (non-hydrogen) atoms. The van der Waals surface area contributed by atoms with Crippen molar-refractivity contribution in [3.63, 3.8) is 0 Å². The van der Waals surface area contributed by atoms with Gasteiger partial charge in [-0.2, -0.15) is 0 Å². The average Bonchev–Trinajstić information content (AvgIpc) is 1.91. The fraction of sp³-hybridized carbons (Fsp3) is 1.00. The Bertz CT molecular complexity index is 58.4. The highest BCUT2D eigenvalue weighted by Crippen LogP contribution is 2.27. The first-order valence-corrected chi connectivity index (χ1v) is 4.79. The SMILES string of the molecule is CC.C[C@H]1CCC[C@H](C)C1. The molecule has 0 unspecified atom stereocenters. The monoisotopic (exact) mass is 142 g/mol. The van der Waals surface area contributed by atoms with Crippen molar-refractivity contribution in [2.24, 2.45) is 11.8 Å². The predicted octanol–water partition coefficient (Wildman–Crippen LogP) is 3.86. The van der Waals surface area contributed by atoms with Crippen LogP contribution in [0.25, 0.3) is 0 Å². The molecular formula is C10H22. The molecule has 0 bridgehead atoms. The Morgan fingerprint density at radius 1 is 0.900 bits per heavy atom. The fourth-order valence-corrected chi connectivity index (χ4v) is 1.74. The Hall–Kier alpha value is 0. The molecule has 0 spiro atoms. The molecule has 0 aliphatic heterocycles. The molecule has 1 rings (SSSR count). The fourth-order valence-electron chi connectivity index (χ4n) is 1.74. The molecule has 0 saturated heterocycles. The minimum Gasteiger partial charge on any atom is -0.0683 e. The number of hydrogen-bond acceptors (Lipinski definition) is 0. The maximum atomic E-state index is 2.37. The van der Waals surface area contributed by atoms with Gasteiger partial charge in [-0.05, 0) is 18.3 Å². The van der Waals surface area contributed by atoms with Gasteiger partial charge >= 0.3 is 0 Å². The first-order valence-electron chi connectivity index (χ1n) is 4.79. The Balaban J connectivity index is 0.000000371. The minimum atomic E-state index is 1.01. The average molecular weight is 142 g/mol. The lowest BCUT2D eigenvalue weighted by Gasteiger charge is -2.22. The van der Waals surface area contributed by atoms with Crippen LogP contribution in [0.3, 0.4) is 0 Å². The molecule has 0 heteroatoms. The van der Waals surface area contributed by atoms with Gasteiger partial charge in [-0.25, -0.2) is 0 Å². The Labute approximate surface area is 66.0 Å². The van der Waals surface area contributed by atoms with E-state index in [9.17, 15) is 0 Å². The molecule has 0 radical (unpaired) electrons. The summed E-state index contributed by atoms with van der Waals surface area (Å²) < 4.78 is 0. The lowest BCUT2D eigenvalue weighted by atomic mass is 9.84. The van der Waals surface area contributed by atoms with E-state index in [-0.39, 0.29) is 0 Å². The van der Waals surface area contributed by atoms with Crippen LogP contribution in [0.4, 0.5) is 0 Å². The van der Waals surface area contributed by atoms with Gasteiger partial charge in [0.2, 0.25) is 0 Å². The molecule has 0 N–H and O–H groups in total. The van der Waals surface area contributed by atoms with E-state index in [2.05, 4.69) is 13.8 Å². The summed E-state index contributed by atoms with van der Waals surface area (Å²) in [5, 5.41) is 0. The molecular weight excluding hydrogens is 120 g/mol. The van der Waals surface area contributed by atoms with E-state index >= 15 is 0 Å². The molecule has 1 aliphatic carbocycles. The Kier molecular flexibility index (Phi) is 5.76. The van der Waals surface area contributed by atoms with Gasteiger partial charge in [0, 0.05) is 0 Å². The highest BCUT2D eigenvalue weighted by molar-refractivity contribution is 4.66. The maximum absolute atomic E-state index is 2.37. The summed E-state index contributed by atoms with van der Waals surface area (Å²) >= 11 is 0.